The van der Waals surface area contributed by atoms with Gasteiger partial charge in [0.15, 0.2) is 5.82 Å². The lowest BCUT2D eigenvalue weighted by atomic mass is 10.3. The first-order valence-electron chi connectivity index (χ1n) is 7.08. The molecule has 0 spiro atoms. The molecule has 21 heavy (non-hydrogen) atoms. The van der Waals surface area contributed by atoms with Gasteiger partial charge in [-0.2, -0.15) is 5.10 Å². The van der Waals surface area contributed by atoms with Crippen molar-refractivity contribution in [2.45, 2.75) is 18.9 Å². The van der Waals surface area contributed by atoms with Crippen molar-refractivity contribution in [2.75, 3.05) is 7.11 Å². The van der Waals surface area contributed by atoms with Crippen molar-refractivity contribution >= 4 is 0 Å². The molecular formula is C16H16N4O. The van der Waals surface area contributed by atoms with E-state index in [1.165, 1.54) is 12.8 Å². The van der Waals surface area contributed by atoms with Crippen molar-refractivity contribution in [3.63, 3.8) is 0 Å². The minimum absolute atomic E-state index is 0.621. The summed E-state index contributed by atoms with van der Waals surface area (Å²) >= 11 is 0. The van der Waals surface area contributed by atoms with Crippen LogP contribution in [0.25, 0.3) is 17.2 Å². The first-order valence-corrected chi connectivity index (χ1v) is 7.08. The normalized spacial score (nSPS) is 14.3. The topological polar surface area (TPSA) is 44.9 Å². The van der Waals surface area contributed by atoms with E-state index < -0.39 is 0 Å². The minimum atomic E-state index is 0.621. The predicted octanol–water partition coefficient (Wildman–Crippen LogP) is 3.08. The lowest BCUT2D eigenvalue weighted by Gasteiger charge is -2.10. The molecule has 2 heterocycles. The summed E-state index contributed by atoms with van der Waals surface area (Å²) in [5.41, 5.74) is 2.10. The van der Waals surface area contributed by atoms with Crippen LogP contribution in [0.1, 0.15) is 18.9 Å². The Bertz CT molecular complexity index is 753. The highest BCUT2D eigenvalue weighted by atomic mass is 16.5. The van der Waals surface area contributed by atoms with E-state index >= 15 is 0 Å². The van der Waals surface area contributed by atoms with Gasteiger partial charge in [0.1, 0.15) is 12.1 Å². The fraction of sp³-hybridized carbons (Fsp3) is 0.250. The Labute approximate surface area is 122 Å². The van der Waals surface area contributed by atoms with Crippen molar-refractivity contribution in [3.8, 4) is 23.0 Å². The van der Waals surface area contributed by atoms with Crippen LogP contribution in [-0.4, -0.2) is 26.4 Å². The third-order valence-electron chi connectivity index (χ3n) is 3.81. The SMILES string of the molecule is COc1ccc(-n2ncnc2-c2cccn2C2CC2)cc1. The van der Waals surface area contributed by atoms with Crippen molar-refractivity contribution in [3.05, 3.63) is 48.9 Å². The Morgan fingerprint density at radius 2 is 1.95 bits per heavy atom. The molecule has 0 atom stereocenters. The van der Waals surface area contributed by atoms with E-state index in [1.54, 1.807) is 13.4 Å². The Morgan fingerprint density at radius 1 is 1.14 bits per heavy atom. The molecule has 0 unspecified atom stereocenters. The third kappa shape index (κ3) is 2.11. The van der Waals surface area contributed by atoms with Gasteiger partial charge in [-0.1, -0.05) is 0 Å². The number of rotatable bonds is 4. The molecule has 106 valence electrons. The molecule has 0 saturated heterocycles. The highest BCUT2D eigenvalue weighted by Crippen LogP contribution is 2.38. The van der Waals surface area contributed by atoms with Gasteiger partial charge in [0.25, 0.3) is 0 Å². The maximum Gasteiger partial charge on any atom is 0.179 e. The summed E-state index contributed by atoms with van der Waals surface area (Å²) in [4.78, 5) is 4.45. The van der Waals surface area contributed by atoms with Crippen LogP contribution < -0.4 is 4.74 Å². The molecule has 3 aromatic rings. The zero-order chi connectivity index (χ0) is 14.2. The highest BCUT2D eigenvalue weighted by molar-refractivity contribution is 5.55. The van der Waals surface area contributed by atoms with Crippen LogP contribution in [0.15, 0.2) is 48.9 Å². The van der Waals surface area contributed by atoms with Gasteiger partial charge in [0.05, 0.1) is 18.5 Å². The van der Waals surface area contributed by atoms with E-state index in [-0.39, 0.29) is 0 Å². The largest absolute Gasteiger partial charge is 0.497 e. The first-order chi connectivity index (χ1) is 10.4. The number of ether oxygens (including phenoxy) is 1. The number of nitrogens with zero attached hydrogens (tertiary/aromatic N) is 4. The average molecular weight is 280 g/mol. The smallest absolute Gasteiger partial charge is 0.179 e. The van der Waals surface area contributed by atoms with Gasteiger partial charge in [-0.25, -0.2) is 9.67 Å². The first kappa shape index (κ1) is 12.2. The summed E-state index contributed by atoms with van der Waals surface area (Å²) in [7, 11) is 1.67. The monoisotopic (exact) mass is 280 g/mol. The lowest BCUT2D eigenvalue weighted by Crippen LogP contribution is -2.03. The fourth-order valence-electron chi connectivity index (χ4n) is 2.58. The summed E-state index contributed by atoms with van der Waals surface area (Å²) in [6.45, 7) is 0. The third-order valence-corrected chi connectivity index (χ3v) is 3.81. The maximum atomic E-state index is 5.20. The molecule has 1 aromatic carbocycles. The van der Waals surface area contributed by atoms with E-state index in [9.17, 15) is 0 Å². The summed E-state index contributed by atoms with van der Waals surface area (Å²) in [6.07, 6.45) is 6.22. The molecule has 0 N–H and O–H groups in total. The molecule has 0 radical (unpaired) electrons. The number of hydrogen-bond acceptors (Lipinski definition) is 3. The quantitative estimate of drug-likeness (QED) is 0.737. The second kappa shape index (κ2) is 4.77. The van der Waals surface area contributed by atoms with Crippen molar-refractivity contribution in [1.29, 1.82) is 0 Å². The van der Waals surface area contributed by atoms with Gasteiger partial charge in [-0.3, -0.25) is 0 Å². The van der Waals surface area contributed by atoms with Crippen LogP contribution in [-0.2, 0) is 0 Å². The fourth-order valence-corrected chi connectivity index (χ4v) is 2.58. The number of methoxy groups -OCH3 is 1. The Kier molecular flexibility index (Phi) is 2.77. The molecule has 1 fully saturated rings. The minimum Gasteiger partial charge on any atom is -0.497 e. The number of benzene rings is 1. The molecule has 5 nitrogen and oxygen atoms in total. The van der Waals surface area contributed by atoms with Crippen LogP contribution in [0.5, 0.6) is 5.75 Å². The molecule has 2 aromatic heterocycles. The van der Waals surface area contributed by atoms with Crippen LogP contribution in [0.3, 0.4) is 0 Å². The second-order valence-corrected chi connectivity index (χ2v) is 5.23. The van der Waals surface area contributed by atoms with Gasteiger partial charge in [-0.15, -0.1) is 0 Å². The standard InChI is InChI=1S/C16H16N4O/c1-21-14-8-6-13(7-9-14)20-16(17-11-18-20)15-3-2-10-19(15)12-4-5-12/h2-3,6-12H,4-5H2,1H3. The van der Waals surface area contributed by atoms with E-state index in [1.807, 2.05) is 28.9 Å². The van der Waals surface area contributed by atoms with Gasteiger partial charge >= 0.3 is 0 Å². The van der Waals surface area contributed by atoms with E-state index in [2.05, 4.69) is 33.0 Å². The van der Waals surface area contributed by atoms with Gasteiger partial charge in [0, 0.05) is 12.2 Å². The summed E-state index contributed by atoms with van der Waals surface area (Å²) in [6, 6.07) is 12.6. The van der Waals surface area contributed by atoms with Crippen LogP contribution >= 0.6 is 0 Å². The maximum absolute atomic E-state index is 5.20. The predicted molar refractivity (Wildman–Crippen MR) is 79.6 cm³/mol. The molecular weight excluding hydrogens is 264 g/mol. The Morgan fingerprint density at radius 3 is 2.67 bits per heavy atom. The zero-order valence-electron chi connectivity index (χ0n) is 11.8. The molecule has 0 bridgehead atoms. The number of aromatic nitrogens is 4. The van der Waals surface area contributed by atoms with Crippen LogP contribution in [0, 0.1) is 0 Å². The van der Waals surface area contributed by atoms with E-state index in [4.69, 9.17) is 4.74 Å². The zero-order valence-corrected chi connectivity index (χ0v) is 11.8. The van der Waals surface area contributed by atoms with Gasteiger partial charge < -0.3 is 9.30 Å². The van der Waals surface area contributed by atoms with E-state index in [0.29, 0.717) is 6.04 Å². The molecule has 0 amide bonds. The summed E-state index contributed by atoms with van der Waals surface area (Å²) in [5, 5.41) is 4.37. The van der Waals surface area contributed by atoms with Gasteiger partial charge in [0.2, 0.25) is 0 Å². The summed E-state index contributed by atoms with van der Waals surface area (Å²) < 4.78 is 9.36. The van der Waals surface area contributed by atoms with Crippen LogP contribution in [0.4, 0.5) is 0 Å². The van der Waals surface area contributed by atoms with Gasteiger partial charge in [-0.05, 0) is 49.2 Å². The molecule has 4 rings (SSSR count). The second-order valence-electron chi connectivity index (χ2n) is 5.23. The Balaban J connectivity index is 1.77. The number of hydrogen-bond donors (Lipinski definition) is 0. The molecule has 5 heteroatoms. The van der Waals surface area contributed by atoms with Crippen molar-refractivity contribution in [2.24, 2.45) is 0 Å². The van der Waals surface area contributed by atoms with E-state index in [0.717, 1.165) is 23.0 Å². The van der Waals surface area contributed by atoms with Crippen molar-refractivity contribution in [1.82, 2.24) is 19.3 Å². The van der Waals surface area contributed by atoms with Crippen LogP contribution in [0.2, 0.25) is 0 Å². The summed E-state index contributed by atoms with van der Waals surface area (Å²) in [5.74, 6) is 1.71. The van der Waals surface area contributed by atoms with Crippen molar-refractivity contribution < 1.29 is 4.74 Å². The average Bonchev–Trinajstić information content (AvgIpc) is 3.07. The molecule has 1 saturated carbocycles. The molecule has 0 aliphatic heterocycles. The Hall–Kier alpha value is -2.56. The molecule has 1 aliphatic carbocycles. The lowest BCUT2D eigenvalue weighted by molar-refractivity contribution is 0.414. The highest BCUT2D eigenvalue weighted by Gasteiger charge is 2.26. The molecule has 1 aliphatic rings.